The Morgan fingerprint density at radius 2 is 2.30 bits per heavy atom. The molecule has 0 bridgehead atoms. The molecule has 0 radical (unpaired) electrons. The Morgan fingerprint density at radius 1 is 1.50 bits per heavy atom. The van der Waals surface area contributed by atoms with E-state index in [2.05, 4.69) is 5.32 Å². The Bertz CT molecular complexity index is 516. The molecule has 0 saturated carbocycles. The van der Waals surface area contributed by atoms with Crippen LogP contribution in [0.4, 0.5) is 0 Å². The van der Waals surface area contributed by atoms with E-state index < -0.39 is 0 Å². The fraction of sp³-hybridized carbons (Fsp3) is 0.400. The summed E-state index contributed by atoms with van der Waals surface area (Å²) in [5.74, 6) is 0.618. The molecule has 0 heterocycles. The molecule has 0 saturated heterocycles. The van der Waals surface area contributed by atoms with Gasteiger partial charge in [0.2, 0.25) is 0 Å². The van der Waals surface area contributed by atoms with Gasteiger partial charge in [-0.1, -0.05) is 23.8 Å². The van der Waals surface area contributed by atoms with Crippen LogP contribution >= 0.6 is 11.6 Å². The van der Waals surface area contributed by atoms with Crippen LogP contribution < -0.4 is 10.1 Å². The Balaban J connectivity index is 1.79. The lowest BCUT2D eigenvalue weighted by atomic mass is 10.1. The van der Waals surface area contributed by atoms with Gasteiger partial charge in [-0.15, -0.1) is 0 Å². The van der Waals surface area contributed by atoms with Crippen molar-refractivity contribution in [1.82, 2.24) is 5.32 Å². The number of carbonyl (C=O) groups is 1. The summed E-state index contributed by atoms with van der Waals surface area (Å²) < 4.78 is 5.47. The van der Waals surface area contributed by atoms with Crippen LogP contribution in [0.25, 0.3) is 0 Å². The summed E-state index contributed by atoms with van der Waals surface area (Å²) in [5, 5.41) is 12.5. The zero-order valence-corrected chi connectivity index (χ0v) is 12.1. The summed E-state index contributed by atoms with van der Waals surface area (Å²) in [6, 6.07) is 5.25. The SMILES string of the molecule is Cc1cc(Cl)ccc1OCC(=O)N[C@@H]1C=C[C@H](CO)C1. The second kappa shape index (κ2) is 6.77. The highest BCUT2D eigenvalue weighted by atomic mass is 35.5. The van der Waals surface area contributed by atoms with Crippen molar-refractivity contribution in [3.05, 3.63) is 40.9 Å². The topological polar surface area (TPSA) is 58.6 Å². The fourth-order valence-electron chi connectivity index (χ4n) is 2.18. The summed E-state index contributed by atoms with van der Waals surface area (Å²) in [6.45, 7) is 1.96. The summed E-state index contributed by atoms with van der Waals surface area (Å²) in [6.07, 6.45) is 4.57. The molecule has 0 unspecified atom stereocenters. The van der Waals surface area contributed by atoms with Gasteiger partial charge in [0.05, 0.1) is 0 Å². The number of benzene rings is 1. The first kappa shape index (κ1) is 14.9. The summed E-state index contributed by atoms with van der Waals surface area (Å²) in [4.78, 5) is 11.8. The molecule has 5 heteroatoms. The highest BCUT2D eigenvalue weighted by Crippen LogP contribution is 2.21. The maximum absolute atomic E-state index is 11.8. The van der Waals surface area contributed by atoms with E-state index in [9.17, 15) is 4.79 Å². The van der Waals surface area contributed by atoms with Crippen molar-refractivity contribution in [2.24, 2.45) is 5.92 Å². The molecule has 0 aliphatic heterocycles. The molecule has 0 spiro atoms. The van der Waals surface area contributed by atoms with Crippen molar-refractivity contribution in [2.45, 2.75) is 19.4 Å². The van der Waals surface area contributed by atoms with Gasteiger partial charge < -0.3 is 15.2 Å². The van der Waals surface area contributed by atoms with Crippen molar-refractivity contribution >= 4 is 17.5 Å². The first-order valence-electron chi connectivity index (χ1n) is 6.56. The molecule has 1 aliphatic carbocycles. The van der Waals surface area contributed by atoms with E-state index in [1.807, 2.05) is 19.1 Å². The van der Waals surface area contributed by atoms with Crippen LogP contribution in [0.5, 0.6) is 5.75 Å². The highest BCUT2D eigenvalue weighted by molar-refractivity contribution is 6.30. The quantitative estimate of drug-likeness (QED) is 0.818. The minimum absolute atomic E-state index is 0.0189. The normalized spacial score (nSPS) is 20.9. The Labute approximate surface area is 123 Å². The lowest BCUT2D eigenvalue weighted by Crippen LogP contribution is -2.36. The molecule has 0 aromatic heterocycles. The number of nitrogens with one attached hydrogen (secondary N) is 1. The molecule has 2 rings (SSSR count). The van der Waals surface area contributed by atoms with E-state index in [4.69, 9.17) is 21.4 Å². The fourth-order valence-corrected chi connectivity index (χ4v) is 2.41. The number of hydrogen-bond donors (Lipinski definition) is 2. The average Bonchev–Trinajstić information content (AvgIpc) is 2.85. The van der Waals surface area contributed by atoms with Gasteiger partial charge in [-0.05, 0) is 37.1 Å². The number of halogens is 1. The van der Waals surface area contributed by atoms with Gasteiger partial charge >= 0.3 is 0 Å². The van der Waals surface area contributed by atoms with E-state index in [-0.39, 0.29) is 31.1 Å². The molecule has 108 valence electrons. The monoisotopic (exact) mass is 295 g/mol. The van der Waals surface area contributed by atoms with Crippen LogP contribution in [0.15, 0.2) is 30.4 Å². The minimum Gasteiger partial charge on any atom is -0.484 e. The standard InChI is InChI=1S/C15H18ClNO3/c1-10-6-12(16)3-5-14(10)20-9-15(19)17-13-4-2-11(7-13)8-18/h2-6,11,13,18H,7-9H2,1H3,(H,17,19)/t11-,13+/m0/s1. The van der Waals surface area contributed by atoms with Crippen molar-refractivity contribution in [1.29, 1.82) is 0 Å². The van der Waals surface area contributed by atoms with E-state index in [1.54, 1.807) is 18.2 Å². The first-order chi connectivity index (χ1) is 9.58. The maximum Gasteiger partial charge on any atom is 0.258 e. The number of hydrogen-bond acceptors (Lipinski definition) is 3. The van der Waals surface area contributed by atoms with E-state index >= 15 is 0 Å². The zero-order chi connectivity index (χ0) is 14.5. The second-order valence-corrected chi connectivity index (χ2v) is 5.37. The molecule has 1 aromatic rings. The molecule has 2 atom stereocenters. The van der Waals surface area contributed by atoms with Gasteiger partial charge in [0.1, 0.15) is 5.75 Å². The predicted molar refractivity (Wildman–Crippen MR) is 77.9 cm³/mol. The molecular formula is C15H18ClNO3. The maximum atomic E-state index is 11.8. The largest absolute Gasteiger partial charge is 0.484 e. The molecule has 20 heavy (non-hydrogen) atoms. The van der Waals surface area contributed by atoms with Crippen LogP contribution in [-0.2, 0) is 4.79 Å². The van der Waals surface area contributed by atoms with Gasteiger partial charge in [-0.3, -0.25) is 4.79 Å². The van der Waals surface area contributed by atoms with Gasteiger partial charge in [0.15, 0.2) is 6.61 Å². The number of aryl methyl sites for hydroxylation is 1. The van der Waals surface area contributed by atoms with Crippen molar-refractivity contribution < 1.29 is 14.6 Å². The van der Waals surface area contributed by atoms with Crippen molar-refractivity contribution in [3.63, 3.8) is 0 Å². The molecular weight excluding hydrogens is 278 g/mol. The summed E-state index contributed by atoms with van der Waals surface area (Å²) in [7, 11) is 0. The molecule has 2 N–H and O–H groups in total. The lowest BCUT2D eigenvalue weighted by Gasteiger charge is -2.14. The van der Waals surface area contributed by atoms with Crippen LogP contribution in [0.2, 0.25) is 5.02 Å². The third-order valence-corrected chi connectivity index (χ3v) is 3.48. The molecule has 1 aromatic carbocycles. The van der Waals surface area contributed by atoms with Crippen LogP contribution in [0.3, 0.4) is 0 Å². The molecule has 0 fully saturated rings. The third kappa shape index (κ3) is 3.99. The number of rotatable bonds is 5. The molecule has 1 amide bonds. The smallest absolute Gasteiger partial charge is 0.258 e. The summed E-state index contributed by atoms with van der Waals surface area (Å²) in [5.41, 5.74) is 0.895. The molecule has 1 aliphatic rings. The van der Waals surface area contributed by atoms with E-state index in [0.717, 1.165) is 12.0 Å². The number of aliphatic hydroxyl groups is 1. The van der Waals surface area contributed by atoms with Crippen LogP contribution in [-0.4, -0.2) is 30.3 Å². The van der Waals surface area contributed by atoms with Gasteiger partial charge in [0.25, 0.3) is 5.91 Å². The van der Waals surface area contributed by atoms with Gasteiger partial charge in [-0.25, -0.2) is 0 Å². The Morgan fingerprint density at radius 3 is 2.95 bits per heavy atom. The zero-order valence-electron chi connectivity index (χ0n) is 11.3. The van der Waals surface area contributed by atoms with E-state index in [1.165, 1.54) is 0 Å². The number of carbonyl (C=O) groups excluding carboxylic acids is 1. The van der Waals surface area contributed by atoms with Crippen molar-refractivity contribution in [3.8, 4) is 5.75 Å². The number of ether oxygens (including phenoxy) is 1. The first-order valence-corrected chi connectivity index (χ1v) is 6.94. The Hall–Kier alpha value is -1.52. The summed E-state index contributed by atoms with van der Waals surface area (Å²) >= 11 is 5.86. The van der Waals surface area contributed by atoms with Crippen LogP contribution in [0, 0.1) is 12.8 Å². The molecule has 4 nitrogen and oxygen atoms in total. The highest BCUT2D eigenvalue weighted by Gasteiger charge is 2.19. The lowest BCUT2D eigenvalue weighted by molar-refractivity contribution is -0.123. The number of amides is 1. The average molecular weight is 296 g/mol. The Kier molecular flexibility index (Phi) is 5.04. The predicted octanol–water partition coefficient (Wildman–Crippen LogP) is 2.08. The minimum atomic E-state index is -0.174. The second-order valence-electron chi connectivity index (χ2n) is 4.94. The number of aliphatic hydroxyl groups excluding tert-OH is 1. The van der Waals surface area contributed by atoms with Crippen molar-refractivity contribution in [2.75, 3.05) is 13.2 Å². The van der Waals surface area contributed by atoms with Gasteiger partial charge in [-0.2, -0.15) is 0 Å². The van der Waals surface area contributed by atoms with Crippen LogP contribution in [0.1, 0.15) is 12.0 Å². The third-order valence-electron chi connectivity index (χ3n) is 3.25. The van der Waals surface area contributed by atoms with Gasteiger partial charge in [0, 0.05) is 23.6 Å². The van der Waals surface area contributed by atoms with E-state index in [0.29, 0.717) is 10.8 Å².